The highest BCUT2D eigenvalue weighted by atomic mass is 16.5. The fourth-order valence-corrected chi connectivity index (χ4v) is 2.31. The van der Waals surface area contributed by atoms with E-state index in [4.69, 9.17) is 4.74 Å². The Labute approximate surface area is 98.5 Å². The Bertz CT molecular complexity index is 253. The minimum absolute atomic E-state index is 0.164. The minimum Gasteiger partial charge on any atom is -0.468 e. The lowest BCUT2D eigenvalue weighted by molar-refractivity contribution is -0.154. The number of likely N-dealkylation sites (tertiary alicyclic amines) is 1. The number of esters is 1. The van der Waals surface area contributed by atoms with Crippen molar-refractivity contribution >= 4 is 5.97 Å². The third-order valence-corrected chi connectivity index (χ3v) is 3.71. The van der Waals surface area contributed by atoms with Crippen molar-refractivity contribution in [2.45, 2.75) is 38.3 Å². The molecular formula is C12H24N2O2. The van der Waals surface area contributed by atoms with E-state index in [1.165, 1.54) is 13.5 Å². The zero-order chi connectivity index (χ0) is 12.3. The lowest BCUT2D eigenvalue weighted by Gasteiger charge is -2.42. The summed E-state index contributed by atoms with van der Waals surface area (Å²) in [6.45, 7) is 6.03. The molecule has 1 saturated heterocycles. The molecule has 0 aromatic carbocycles. The summed E-state index contributed by atoms with van der Waals surface area (Å²) in [6.07, 6.45) is 2.35. The molecule has 1 unspecified atom stereocenters. The van der Waals surface area contributed by atoms with Gasteiger partial charge in [0.05, 0.1) is 7.11 Å². The summed E-state index contributed by atoms with van der Waals surface area (Å²) in [5.41, 5.74) is -0.544. The number of likely N-dealkylation sites (N-methyl/N-ethyl adjacent to an activating group) is 2. The summed E-state index contributed by atoms with van der Waals surface area (Å²) in [4.78, 5) is 16.2. The third kappa shape index (κ3) is 2.74. The summed E-state index contributed by atoms with van der Waals surface area (Å²) in [5, 5.41) is 0. The molecule has 0 N–H and O–H groups in total. The molecule has 0 aliphatic carbocycles. The molecule has 0 aromatic heterocycles. The van der Waals surface area contributed by atoms with Gasteiger partial charge in [-0.15, -0.1) is 0 Å². The van der Waals surface area contributed by atoms with Crippen molar-refractivity contribution in [3.63, 3.8) is 0 Å². The number of hydrogen-bond acceptors (Lipinski definition) is 4. The van der Waals surface area contributed by atoms with Gasteiger partial charge in [-0.25, -0.2) is 0 Å². The van der Waals surface area contributed by atoms with Gasteiger partial charge < -0.3 is 9.64 Å². The quantitative estimate of drug-likeness (QED) is 0.674. The van der Waals surface area contributed by atoms with E-state index in [0.717, 1.165) is 19.5 Å². The molecule has 1 fully saturated rings. The third-order valence-electron chi connectivity index (χ3n) is 3.71. The molecule has 0 aromatic rings. The number of methoxy groups -OCH3 is 1. The normalized spacial score (nSPS) is 23.5. The van der Waals surface area contributed by atoms with Gasteiger partial charge in [0.1, 0.15) is 5.54 Å². The van der Waals surface area contributed by atoms with Crippen LogP contribution in [0, 0.1) is 0 Å². The second kappa shape index (κ2) is 5.15. The van der Waals surface area contributed by atoms with E-state index in [1.807, 2.05) is 20.9 Å². The highest BCUT2D eigenvalue weighted by molar-refractivity contribution is 5.79. The van der Waals surface area contributed by atoms with Crippen molar-refractivity contribution < 1.29 is 9.53 Å². The Morgan fingerprint density at radius 3 is 2.62 bits per heavy atom. The Morgan fingerprint density at radius 2 is 2.12 bits per heavy atom. The molecule has 1 heterocycles. The highest BCUT2D eigenvalue weighted by Gasteiger charge is 2.38. The fraction of sp³-hybridized carbons (Fsp3) is 0.917. The molecular weight excluding hydrogens is 204 g/mol. The van der Waals surface area contributed by atoms with Crippen molar-refractivity contribution in [3.05, 3.63) is 0 Å². The predicted octanol–water partition coefficient (Wildman–Crippen LogP) is 0.964. The maximum atomic E-state index is 11.7. The smallest absolute Gasteiger partial charge is 0.325 e. The van der Waals surface area contributed by atoms with Gasteiger partial charge in [-0.2, -0.15) is 0 Å². The van der Waals surface area contributed by atoms with Crippen LogP contribution in [0.15, 0.2) is 0 Å². The number of nitrogens with zero attached hydrogens (tertiary/aromatic N) is 2. The fourth-order valence-electron chi connectivity index (χ4n) is 2.31. The van der Waals surface area contributed by atoms with E-state index < -0.39 is 5.54 Å². The van der Waals surface area contributed by atoms with Gasteiger partial charge >= 0.3 is 5.97 Å². The summed E-state index contributed by atoms with van der Waals surface area (Å²) in [7, 11) is 5.59. The van der Waals surface area contributed by atoms with Gasteiger partial charge in [-0.1, -0.05) is 0 Å². The minimum atomic E-state index is -0.544. The van der Waals surface area contributed by atoms with Crippen LogP contribution in [0.5, 0.6) is 0 Å². The number of ether oxygens (including phenoxy) is 1. The van der Waals surface area contributed by atoms with Gasteiger partial charge in [0.2, 0.25) is 0 Å². The molecule has 0 saturated carbocycles. The molecule has 0 bridgehead atoms. The SMILES string of the molecule is COC(=O)C(C)(C)N(C)C1CCCN(C)C1. The summed E-state index contributed by atoms with van der Waals surface area (Å²) >= 11 is 0. The van der Waals surface area contributed by atoms with Gasteiger partial charge in [0.25, 0.3) is 0 Å². The van der Waals surface area contributed by atoms with Crippen molar-refractivity contribution in [3.8, 4) is 0 Å². The van der Waals surface area contributed by atoms with Crippen molar-refractivity contribution in [2.24, 2.45) is 0 Å². The largest absolute Gasteiger partial charge is 0.468 e. The predicted molar refractivity (Wildman–Crippen MR) is 64.4 cm³/mol. The lowest BCUT2D eigenvalue weighted by Crippen LogP contribution is -2.57. The molecule has 4 nitrogen and oxygen atoms in total. The topological polar surface area (TPSA) is 32.8 Å². The van der Waals surface area contributed by atoms with Gasteiger partial charge in [-0.05, 0) is 47.3 Å². The molecule has 16 heavy (non-hydrogen) atoms. The van der Waals surface area contributed by atoms with E-state index in [0.29, 0.717) is 6.04 Å². The van der Waals surface area contributed by atoms with E-state index in [9.17, 15) is 4.79 Å². The Kier molecular flexibility index (Phi) is 4.33. The van der Waals surface area contributed by atoms with Gasteiger partial charge in [-0.3, -0.25) is 9.69 Å². The molecule has 1 atom stereocenters. The summed E-state index contributed by atoms with van der Waals surface area (Å²) < 4.78 is 4.86. The van der Waals surface area contributed by atoms with Crippen LogP contribution in [-0.4, -0.2) is 61.6 Å². The van der Waals surface area contributed by atoms with Crippen LogP contribution >= 0.6 is 0 Å². The average Bonchev–Trinajstić information content (AvgIpc) is 2.26. The van der Waals surface area contributed by atoms with Crippen molar-refractivity contribution in [2.75, 3.05) is 34.3 Å². The van der Waals surface area contributed by atoms with Crippen LogP contribution in [0.4, 0.5) is 0 Å². The van der Waals surface area contributed by atoms with Crippen LogP contribution < -0.4 is 0 Å². The van der Waals surface area contributed by atoms with Gasteiger partial charge in [0.15, 0.2) is 0 Å². The molecule has 1 aliphatic heterocycles. The van der Waals surface area contributed by atoms with E-state index in [1.54, 1.807) is 0 Å². The first-order valence-electron chi connectivity index (χ1n) is 5.89. The summed E-state index contributed by atoms with van der Waals surface area (Å²) in [6, 6.07) is 0.438. The van der Waals surface area contributed by atoms with Crippen LogP contribution in [0.25, 0.3) is 0 Å². The number of rotatable bonds is 3. The molecule has 94 valence electrons. The maximum Gasteiger partial charge on any atom is 0.325 e. The van der Waals surface area contributed by atoms with Crippen molar-refractivity contribution in [1.82, 2.24) is 9.80 Å². The zero-order valence-corrected chi connectivity index (χ0v) is 11.1. The standard InChI is InChI=1S/C12H24N2O2/c1-12(2,11(15)16-5)14(4)10-7-6-8-13(3)9-10/h10H,6-9H2,1-5H3. The Balaban J connectivity index is 2.68. The van der Waals surface area contributed by atoms with Crippen LogP contribution in [0.2, 0.25) is 0 Å². The average molecular weight is 228 g/mol. The first-order chi connectivity index (χ1) is 7.39. The van der Waals surface area contributed by atoms with E-state index in [2.05, 4.69) is 16.8 Å². The number of carbonyl (C=O) groups excluding carboxylic acids is 1. The monoisotopic (exact) mass is 228 g/mol. The Hall–Kier alpha value is -0.610. The number of hydrogen-bond donors (Lipinski definition) is 0. The number of carbonyl (C=O) groups is 1. The molecule has 1 rings (SSSR count). The van der Waals surface area contributed by atoms with Crippen LogP contribution in [0.3, 0.4) is 0 Å². The maximum absolute atomic E-state index is 11.7. The van der Waals surface area contributed by atoms with Crippen molar-refractivity contribution in [1.29, 1.82) is 0 Å². The molecule has 0 amide bonds. The first-order valence-corrected chi connectivity index (χ1v) is 5.89. The first kappa shape index (κ1) is 13.5. The van der Waals surface area contributed by atoms with Crippen LogP contribution in [-0.2, 0) is 9.53 Å². The second-order valence-electron chi connectivity index (χ2n) is 5.22. The Morgan fingerprint density at radius 1 is 1.50 bits per heavy atom. The molecule has 0 radical (unpaired) electrons. The van der Waals surface area contributed by atoms with E-state index in [-0.39, 0.29) is 5.97 Å². The lowest BCUT2D eigenvalue weighted by atomic mass is 9.97. The highest BCUT2D eigenvalue weighted by Crippen LogP contribution is 2.22. The molecule has 1 aliphatic rings. The van der Waals surface area contributed by atoms with E-state index >= 15 is 0 Å². The summed E-state index contributed by atoms with van der Waals surface area (Å²) in [5.74, 6) is -0.164. The molecule has 0 spiro atoms. The zero-order valence-electron chi connectivity index (χ0n) is 11.1. The number of piperidine rings is 1. The van der Waals surface area contributed by atoms with Crippen LogP contribution in [0.1, 0.15) is 26.7 Å². The second-order valence-corrected chi connectivity index (χ2v) is 5.22. The van der Waals surface area contributed by atoms with Gasteiger partial charge in [0, 0.05) is 12.6 Å². The molecule has 4 heteroatoms.